The maximum Gasteiger partial charge on any atom is 0.318 e. The lowest BCUT2D eigenvalue weighted by Crippen LogP contribution is -2.56. The molecule has 248 valence electrons. The molecule has 2 atom stereocenters. The number of rotatable bonds is 9. The number of nitrogens with zero attached hydrogens (tertiary/aromatic N) is 4. The summed E-state index contributed by atoms with van der Waals surface area (Å²) in [6.07, 6.45) is 1.88. The number of carbonyl (C=O) groups excluding carboxylic acids is 3. The van der Waals surface area contributed by atoms with E-state index in [0.29, 0.717) is 44.0 Å². The van der Waals surface area contributed by atoms with E-state index < -0.39 is 17.9 Å². The van der Waals surface area contributed by atoms with Gasteiger partial charge in [-0.05, 0) is 74.1 Å². The standard InChI is InChI=1S/C36H44FN7O3/c1-23-19-26(37)12-14-32(23)43-15-17-44(18-16-43)36(47)40-33(24(2)29-21-38-30-10-8-7-9-27(29)30)34(45)39-31-20-25(22-41(3)4)11-13-28(31)35(46)42(5)6/h7-14,19-21,24,33,38H,15-18,22H2,1-6H3,(H,39,45)(H,40,47)/t24-,33-/m1/s1. The van der Waals surface area contributed by atoms with Crippen LogP contribution in [0.15, 0.2) is 66.9 Å². The van der Waals surface area contributed by atoms with Gasteiger partial charge < -0.3 is 35.2 Å². The minimum absolute atomic E-state index is 0.240. The number of aromatic nitrogens is 1. The molecule has 0 spiro atoms. The minimum atomic E-state index is -0.959. The molecule has 4 aromatic rings. The van der Waals surface area contributed by atoms with Gasteiger partial charge in [-0.2, -0.15) is 0 Å². The molecule has 1 aromatic heterocycles. The summed E-state index contributed by atoms with van der Waals surface area (Å²) in [4.78, 5) is 51.8. The first kappa shape index (κ1) is 33.5. The number of H-pyrrole nitrogens is 1. The van der Waals surface area contributed by atoms with E-state index in [-0.39, 0.29) is 17.8 Å². The van der Waals surface area contributed by atoms with Crippen LogP contribution in [-0.2, 0) is 11.3 Å². The molecule has 10 nitrogen and oxygen atoms in total. The van der Waals surface area contributed by atoms with Crippen molar-refractivity contribution in [3.05, 3.63) is 94.9 Å². The fourth-order valence-electron chi connectivity index (χ4n) is 6.21. The number of piperazine rings is 1. The molecule has 1 aliphatic rings. The van der Waals surface area contributed by atoms with Crippen LogP contribution in [0.25, 0.3) is 10.9 Å². The first-order valence-corrected chi connectivity index (χ1v) is 15.9. The topological polar surface area (TPSA) is 104 Å². The molecule has 0 radical (unpaired) electrons. The second-order valence-corrected chi connectivity index (χ2v) is 12.7. The molecule has 1 aliphatic heterocycles. The molecule has 1 saturated heterocycles. The van der Waals surface area contributed by atoms with Gasteiger partial charge in [-0.25, -0.2) is 9.18 Å². The van der Waals surface area contributed by atoms with Gasteiger partial charge in [0.15, 0.2) is 0 Å². The molecule has 3 N–H and O–H groups in total. The second-order valence-electron chi connectivity index (χ2n) is 12.7. The number of hydrogen-bond donors (Lipinski definition) is 3. The minimum Gasteiger partial charge on any atom is -0.368 e. The summed E-state index contributed by atoms with van der Waals surface area (Å²) in [7, 11) is 7.24. The maximum atomic E-state index is 14.3. The normalized spacial score (nSPS) is 14.6. The molecule has 11 heteroatoms. The molecular weight excluding hydrogens is 597 g/mol. The Morgan fingerprint density at radius 3 is 2.36 bits per heavy atom. The Hall–Kier alpha value is -4.90. The molecule has 3 aromatic carbocycles. The highest BCUT2D eigenvalue weighted by Crippen LogP contribution is 2.30. The lowest BCUT2D eigenvalue weighted by atomic mass is 9.92. The Kier molecular flexibility index (Phi) is 10.1. The van der Waals surface area contributed by atoms with Gasteiger partial charge in [-0.1, -0.05) is 31.2 Å². The van der Waals surface area contributed by atoms with Crippen LogP contribution in [0, 0.1) is 12.7 Å². The van der Waals surface area contributed by atoms with Crippen LogP contribution in [0.4, 0.5) is 20.6 Å². The fourth-order valence-corrected chi connectivity index (χ4v) is 6.21. The molecule has 0 saturated carbocycles. The summed E-state index contributed by atoms with van der Waals surface area (Å²) in [5, 5.41) is 7.02. The number of aromatic amines is 1. The van der Waals surface area contributed by atoms with Crippen molar-refractivity contribution in [1.82, 2.24) is 25.0 Å². The second kappa shape index (κ2) is 14.3. The number of nitrogens with one attached hydrogen (secondary N) is 3. The molecule has 4 amide bonds. The molecule has 2 heterocycles. The molecule has 1 fully saturated rings. The van der Waals surface area contributed by atoms with Gasteiger partial charge in [0.1, 0.15) is 11.9 Å². The third kappa shape index (κ3) is 7.57. The predicted molar refractivity (Wildman–Crippen MR) is 184 cm³/mol. The van der Waals surface area contributed by atoms with Crippen molar-refractivity contribution in [2.45, 2.75) is 32.4 Å². The molecule has 47 heavy (non-hydrogen) atoms. The maximum absolute atomic E-state index is 14.3. The quantitative estimate of drug-likeness (QED) is 0.238. The Balaban J connectivity index is 1.41. The molecule has 0 aliphatic carbocycles. The number of urea groups is 1. The van der Waals surface area contributed by atoms with Crippen LogP contribution < -0.4 is 15.5 Å². The van der Waals surface area contributed by atoms with Crippen molar-refractivity contribution >= 4 is 40.1 Å². The number of para-hydroxylation sites is 1. The zero-order valence-electron chi connectivity index (χ0n) is 27.9. The average Bonchev–Trinajstić information content (AvgIpc) is 3.47. The van der Waals surface area contributed by atoms with Gasteiger partial charge >= 0.3 is 6.03 Å². The number of anilines is 2. The van der Waals surface area contributed by atoms with Crippen molar-refractivity contribution in [3.63, 3.8) is 0 Å². The lowest BCUT2D eigenvalue weighted by molar-refractivity contribution is -0.118. The number of carbonyl (C=O) groups is 3. The largest absolute Gasteiger partial charge is 0.368 e. The van der Waals surface area contributed by atoms with E-state index >= 15 is 0 Å². The third-order valence-corrected chi connectivity index (χ3v) is 8.72. The zero-order valence-corrected chi connectivity index (χ0v) is 27.9. The van der Waals surface area contributed by atoms with E-state index in [2.05, 4.69) is 20.5 Å². The summed E-state index contributed by atoms with van der Waals surface area (Å²) in [5.41, 5.74) is 5.29. The first-order valence-electron chi connectivity index (χ1n) is 15.9. The number of halogens is 1. The van der Waals surface area contributed by atoms with Crippen molar-refractivity contribution in [1.29, 1.82) is 0 Å². The molecular formula is C36H44FN7O3. The van der Waals surface area contributed by atoms with Gasteiger partial charge in [-0.3, -0.25) is 9.59 Å². The van der Waals surface area contributed by atoms with Gasteiger partial charge in [0.05, 0.1) is 11.3 Å². The summed E-state index contributed by atoms with van der Waals surface area (Å²) in [5.74, 6) is -1.36. The number of amides is 4. The number of aryl methyl sites for hydroxylation is 1. The Labute approximate surface area is 275 Å². The van der Waals surface area contributed by atoms with E-state index in [0.717, 1.165) is 33.3 Å². The SMILES string of the molecule is Cc1cc(F)ccc1N1CCN(C(=O)N[C@@H](C(=O)Nc2cc(CN(C)C)ccc2C(=O)N(C)C)[C@H](C)c2c[nH]c3ccccc23)CC1. The monoisotopic (exact) mass is 641 g/mol. The highest BCUT2D eigenvalue weighted by molar-refractivity contribution is 6.06. The van der Waals surface area contributed by atoms with E-state index in [9.17, 15) is 18.8 Å². The van der Waals surface area contributed by atoms with Crippen LogP contribution in [-0.4, -0.2) is 97.9 Å². The van der Waals surface area contributed by atoms with Crippen molar-refractivity contribution in [3.8, 4) is 0 Å². The van der Waals surface area contributed by atoms with Crippen LogP contribution in [0.3, 0.4) is 0 Å². The summed E-state index contributed by atoms with van der Waals surface area (Å²) in [6.45, 7) is 6.44. The fraction of sp³-hybridized carbons (Fsp3) is 0.361. The van der Waals surface area contributed by atoms with E-state index in [1.165, 1.54) is 17.0 Å². The Morgan fingerprint density at radius 2 is 1.68 bits per heavy atom. The third-order valence-electron chi connectivity index (χ3n) is 8.72. The molecule has 5 rings (SSSR count). The average molecular weight is 642 g/mol. The Morgan fingerprint density at radius 1 is 0.957 bits per heavy atom. The van der Waals surface area contributed by atoms with Crippen LogP contribution in [0.5, 0.6) is 0 Å². The van der Waals surface area contributed by atoms with Gasteiger partial charge in [0.25, 0.3) is 5.91 Å². The smallest absolute Gasteiger partial charge is 0.318 e. The highest BCUT2D eigenvalue weighted by atomic mass is 19.1. The zero-order chi connectivity index (χ0) is 33.8. The van der Waals surface area contributed by atoms with Gasteiger partial charge in [-0.15, -0.1) is 0 Å². The summed E-state index contributed by atoms with van der Waals surface area (Å²) < 4.78 is 13.7. The van der Waals surface area contributed by atoms with Crippen molar-refractivity contribution in [2.75, 3.05) is 64.6 Å². The van der Waals surface area contributed by atoms with Gasteiger partial charge in [0.2, 0.25) is 5.91 Å². The summed E-state index contributed by atoms with van der Waals surface area (Å²) >= 11 is 0. The Bertz CT molecular complexity index is 1760. The predicted octanol–water partition coefficient (Wildman–Crippen LogP) is 5.02. The molecule has 0 bridgehead atoms. The lowest BCUT2D eigenvalue weighted by Gasteiger charge is -2.37. The first-order chi connectivity index (χ1) is 22.4. The van der Waals surface area contributed by atoms with Crippen LogP contribution >= 0.6 is 0 Å². The van der Waals surface area contributed by atoms with Crippen LogP contribution in [0.1, 0.15) is 39.9 Å². The van der Waals surface area contributed by atoms with E-state index in [4.69, 9.17) is 0 Å². The van der Waals surface area contributed by atoms with Crippen LogP contribution in [0.2, 0.25) is 0 Å². The molecule has 0 unspecified atom stereocenters. The van der Waals surface area contributed by atoms with Crippen molar-refractivity contribution in [2.24, 2.45) is 0 Å². The highest BCUT2D eigenvalue weighted by Gasteiger charge is 2.33. The van der Waals surface area contributed by atoms with Crippen molar-refractivity contribution < 1.29 is 18.8 Å². The summed E-state index contributed by atoms with van der Waals surface area (Å²) in [6, 6.07) is 16.7. The number of fused-ring (bicyclic) bond motifs is 1. The van der Waals surface area contributed by atoms with E-state index in [1.54, 1.807) is 31.1 Å². The van der Waals surface area contributed by atoms with Gasteiger partial charge in [0, 0.05) is 75.5 Å². The number of benzene rings is 3. The number of hydrogen-bond acceptors (Lipinski definition) is 5. The van der Waals surface area contributed by atoms with E-state index in [1.807, 2.05) is 75.4 Å².